The molecular weight excluding hydrogens is 310 g/mol. The summed E-state index contributed by atoms with van der Waals surface area (Å²) in [5.41, 5.74) is -0.0348. The molecule has 1 aromatic rings. The van der Waals surface area contributed by atoms with Crippen molar-refractivity contribution in [3.05, 3.63) is 28.4 Å². The molecule has 0 amide bonds. The zero-order valence-corrected chi connectivity index (χ0v) is 13.9. The lowest BCUT2D eigenvalue weighted by molar-refractivity contribution is -0.385. The summed E-state index contributed by atoms with van der Waals surface area (Å²) >= 11 is 0. The summed E-state index contributed by atoms with van der Waals surface area (Å²) in [5.74, 6) is 1.15. The molecule has 1 heterocycles. The number of esters is 1. The highest BCUT2D eigenvalue weighted by Crippen LogP contribution is 2.27. The number of rotatable bonds is 9. The molecule has 1 fully saturated rings. The Morgan fingerprint density at radius 3 is 2.79 bits per heavy atom. The second-order valence-corrected chi connectivity index (χ2v) is 6.20. The predicted octanol–water partition coefficient (Wildman–Crippen LogP) is 3.70. The van der Waals surface area contributed by atoms with Crippen molar-refractivity contribution in [2.45, 2.75) is 51.4 Å². The summed E-state index contributed by atoms with van der Waals surface area (Å²) in [6.07, 6.45) is 9.77. The van der Waals surface area contributed by atoms with Gasteiger partial charge in [-0.15, -0.1) is 0 Å². The smallest absolute Gasteiger partial charge is 0.305 e. The summed E-state index contributed by atoms with van der Waals surface area (Å²) < 4.78 is 5.23. The molecule has 0 atom stereocenters. The van der Waals surface area contributed by atoms with Crippen LogP contribution < -0.4 is 5.32 Å². The predicted molar refractivity (Wildman–Crippen MR) is 90.8 cm³/mol. The zero-order chi connectivity index (χ0) is 17.2. The second-order valence-electron chi connectivity index (χ2n) is 6.20. The molecule has 0 aromatic carbocycles. The van der Waals surface area contributed by atoms with Gasteiger partial charge in [0.05, 0.1) is 11.5 Å². The van der Waals surface area contributed by atoms with E-state index in [-0.39, 0.29) is 11.7 Å². The fraction of sp³-hybridized carbons (Fsp3) is 0.647. The van der Waals surface area contributed by atoms with Crippen LogP contribution in [0.15, 0.2) is 18.3 Å². The number of nitrogens with one attached hydrogen (secondary N) is 1. The van der Waals surface area contributed by atoms with Crippen LogP contribution in [0, 0.1) is 16.0 Å². The average molecular weight is 335 g/mol. The van der Waals surface area contributed by atoms with E-state index in [0.29, 0.717) is 37.7 Å². The van der Waals surface area contributed by atoms with Crippen LogP contribution in [0.25, 0.3) is 0 Å². The van der Waals surface area contributed by atoms with Crippen LogP contribution in [0.4, 0.5) is 11.5 Å². The van der Waals surface area contributed by atoms with Gasteiger partial charge in [0.1, 0.15) is 12.0 Å². The van der Waals surface area contributed by atoms with Crippen LogP contribution in [-0.2, 0) is 9.53 Å². The number of carbonyl (C=O) groups excluding carboxylic acids is 1. The first-order chi connectivity index (χ1) is 11.6. The van der Waals surface area contributed by atoms with Crippen molar-refractivity contribution in [2.75, 3.05) is 18.5 Å². The number of carbonyl (C=O) groups is 1. The van der Waals surface area contributed by atoms with Gasteiger partial charge in [-0.05, 0) is 24.8 Å². The fourth-order valence-electron chi connectivity index (χ4n) is 2.94. The van der Waals surface area contributed by atoms with Crippen LogP contribution in [0.3, 0.4) is 0 Å². The lowest BCUT2D eigenvalue weighted by atomic mass is 9.86. The number of nitrogens with zero attached hydrogens (tertiary/aromatic N) is 2. The first-order valence-electron chi connectivity index (χ1n) is 8.65. The number of hydrogen-bond donors (Lipinski definition) is 1. The second kappa shape index (κ2) is 9.85. The summed E-state index contributed by atoms with van der Waals surface area (Å²) in [4.78, 5) is 25.7. The SMILES string of the molecule is O=C(CCC1CCCCC1)OCCCNc1ccc([N+](=O)[O-])cn1. The molecule has 132 valence electrons. The van der Waals surface area contributed by atoms with Gasteiger partial charge in [0, 0.05) is 19.0 Å². The Balaban J connectivity index is 1.52. The van der Waals surface area contributed by atoms with Crippen molar-refractivity contribution in [2.24, 2.45) is 5.92 Å². The number of pyridine rings is 1. The number of hydrogen-bond acceptors (Lipinski definition) is 6. The van der Waals surface area contributed by atoms with Crippen molar-refractivity contribution in [1.29, 1.82) is 0 Å². The largest absolute Gasteiger partial charge is 0.466 e. The quantitative estimate of drug-likeness (QED) is 0.320. The number of anilines is 1. The highest BCUT2D eigenvalue weighted by molar-refractivity contribution is 5.69. The van der Waals surface area contributed by atoms with E-state index in [0.717, 1.165) is 6.42 Å². The van der Waals surface area contributed by atoms with Crippen LogP contribution in [0.2, 0.25) is 0 Å². The Bertz CT molecular complexity index is 527. The van der Waals surface area contributed by atoms with Gasteiger partial charge in [-0.25, -0.2) is 4.98 Å². The van der Waals surface area contributed by atoms with Crippen LogP contribution >= 0.6 is 0 Å². The van der Waals surface area contributed by atoms with Crippen molar-refractivity contribution in [1.82, 2.24) is 4.98 Å². The average Bonchev–Trinajstić information content (AvgIpc) is 2.61. The molecule has 0 saturated heterocycles. The molecule has 0 unspecified atom stereocenters. The third kappa shape index (κ3) is 6.52. The molecule has 0 bridgehead atoms. The van der Waals surface area contributed by atoms with Crippen molar-refractivity contribution >= 4 is 17.5 Å². The van der Waals surface area contributed by atoms with Crippen molar-refractivity contribution in [3.8, 4) is 0 Å². The molecule has 2 rings (SSSR count). The standard InChI is InChI=1S/C17H25N3O4/c21-17(10-7-14-5-2-1-3-6-14)24-12-4-11-18-16-9-8-15(13-19-16)20(22)23/h8-9,13-14H,1-7,10-12H2,(H,18,19). The maximum absolute atomic E-state index is 11.7. The lowest BCUT2D eigenvalue weighted by Crippen LogP contribution is -2.13. The monoisotopic (exact) mass is 335 g/mol. The van der Waals surface area contributed by atoms with Crippen LogP contribution in [0.5, 0.6) is 0 Å². The topological polar surface area (TPSA) is 94.4 Å². The van der Waals surface area contributed by atoms with Crippen molar-refractivity contribution < 1.29 is 14.5 Å². The summed E-state index contributed by atoms with van der Waals surface area (Å²) in [6, 6.07) is 2.97. The van der Waals surface area contributed by atoms with Gasteiger partial charge < -0.3 is 10.1 Å². The van der Waals surface area contributed by atoms with E-state index in [4.69, 9.17) is 4.74 Å². The minimum Gasteiger partial charge on any atom is -0.466 e. The highest BCUT2D eigenvalue weighted by Gasteiger charge is 2.15. The molecule has 1 N–H and O–H groups in total. The van der Waals surface area contributed by atoms with Gasteiger partial charge in [-0.1, -0.05) is 32.1 Å². The van der Waals surface area contributed by atoms with Gasteiger partial charge in [0.15, 0.2) is 0 Å². The first-order valence-corrected chi connectivity index (χ1v) is 8.65. The van der Waals surface area contributed by atoms with E-state index in [1.54, 1.807) is 6.07 Å². The molecule has 1 aromatic heterocycles. The van der Waals surface area contributed by atoms with Gasteiger partial charge >= 0.3 is 5.97 Å². The Labute approximate surface area is 142 Å². The van der Waals surface area contributed by atoms with E-state index >= 15 is 0 Å². The molecule has 1 saturated carbocycles. The first kappa shape index (κ1) is 18.2. The number of ether oxygens (including phenoxy) is 1. The van der Waals surface area contributed by atoms with E-state index in [1.807, 2.05) is 0 Å². The van der Waals surface area contributed by atoms with Gasteiger partial charge in [-0.3, -0.25) is 14.9 Å². The van der Waals surface area contributed by atoms with Gasteiger partial charge in [0.25, 0.3) is 5.69 Å². The molecule has 7 heteroatoms. The summed E-state index contributed by atoms with van der Waals surface area (Å²) in [5, 5.41) is 13.6. The summed E-state index contributed by atoms with van der Waals surface area (Å²) in [7, 11) is 0. The van der Waals surface area contributed by atoms with Crippen LogP contribution in [-0.4, -0.2) is 29.0 Å². The minimum absolute atomic E-state index is 0.0348. The maximum Gasteiger partial charge on any atom is 0.305 e. The zero-order valence-electron chi connectivity index (χ0n) is 13.9. The van der Waals surface area contributed by atoms with Gasteiger partial charge in [0.2, 0.25) is 0 Å². The van der Waals surface area contributed by atoms with Crippen molar-refractivity contribution in [3.63, 3.8) is 0 Å². The molecule has 0 radical (unpaired) electrons. The fourth-order valence-corrected chi connectivity index (χ4v) is 2.94. The Hall–Kier alpha value is -2.18. The molecule has 1 aliphatic rings. The highest BCUT2D eigenvalue weighted by atomic mass is 16.6. The molecule has 24 heavy (non-hydrogen) atoms. The molecule has 7 nitrogen and oxygen atoms in total. The lowest BCUT2D eigenvalue weighted by Gasteiger charge is -2.20. The minimum atomic E-state index is -0.483. The maximum atomic E-state index is 11.7. The number of aromatic nitrogens is 1. The van der Waals surface area contributed by atoms with Crippen LogP contribution in [0.1, 0.15) is 51.4 Å². The normalized spacial score (nSPS) is 15.0. The van der Waals surface area contributed by atoms with Gasteiger partial charge in [-0.2, -0.15) is 0 Å². The Morgan fingerprint density at radius 1 is 1.33 bits per heavy atom. The molecule has 0 aliphatic heterocycles. The third-order valence-corrected chi connectivity index (χ3v) is 4.33. The van der Waals surface area contributed by atoms with E-state index in [9.17, 15) is 14.9 Å². The Morgan fingerprint density at radius 2 is 2.12 bits per heavy atom. The van der Waals surface area contributed by atoms with E-state index in [2.05, 4.69) is 10.3 Å². The third-order valence-electron chi connectivity index (χ3n) is 4.33. The number of nitro groups is 1. The molecular formula is C17H25N3O4. The molecule has 1 aliphatic carbocycles. The summed E-state index contributed by atoms with van der Waals surface area (Å²) in [6.45, 7) is 0.976. The van der Waals surface area contributed by atoms with E-state index in [1.165, 1.54) is 44.4 Å². The molecule has 0 spiro atoms. The Kier molecular flexibility index (Phi) is 7.45. The van der Waals surface area contributed by atoms with E-state index < -0.39 is 4.92 Å².